The number of nitrogens with zero attached hydrogens (tertiary/aromatic N) is 1. The van der Waals surface area contributed by atoms with Gasteiger partial charge in [0.1, 0.15) is 24.4 Å². The number of esters is 1. The number of benzene rings is 2. The molecule has 2 aromatic carbocycles. The first-order chi connectivity index (χ1) is 15.8. The Kier molecular flexibility index (Phi) is 7.84. The molecule has 0 N–H and O–H groups in total. The van der Waals surface area contributed by atoms with Crippen LogP contribution in [0.1, 0.15) is 36.7 Å². The smallest absolute Gasteiger partial charge is 0.338 e. The summed E-state index contributed by atoms with van der Waals surface area (Å²) in [6, 6.07) is 17.6. The molecule has 0 saturated carbocycles. The van der Waals surface area contributed by atoms with E-state index < -0.39 is 36.1 Å². The first-order valence-electron chi connectivity index (χ1n) is 10.9. The quantitative estimate of drug-likeness (QED) is 0.416. The molecule has 0 unspecified atom stereocenters. The molecule has 0 aliphatic carbocycles. The van der Waals surface area contributed by atoms with E-state index in [0.717, 1.165) is 5.56 Å². The maximum absolute atomic E-state index is 12.9. The predicted molar refractivity (Wildman–Crippen MR) is 126 cm³/mol. The Bertz CT molecular complexity index is 973. The van der Waals surface area contributed by atoms with Gasteiger partial charge in [-0.2, -0.15) is 0 Å². The average Bonchev–Trinajstić information content (AvgIpc) is 3.13. The highest BCUT2D eigenvalue weighted by Crippen LogP contribution is 2.35. The summed E-state index contributed by atoms with van der Waals surface area (Å²) in [4.78, 5) is 27.4. The summed E-state index contributed by atoms with van der Waals surface area (Å²) in [5.41, 5.74) is 1.34. The van der Waals surface area contributed by atoms with E-state index in [1.165, 1.54) is 13.0 Å². The van der Waals surface area contributed by atoms with Gasteiger partial charge in [-0.1, -0.05) is 61.2 Å². The molecule has 0 radical (unpaired) electrons. The van der Waals surface area contributed by atoms with Crippen LogP contribution in [0.3, 0.4) is 0 Å². The van der Waals surface area contributed by atoms with Gasteiger partial charge >= 0.3 is 5.97 Å². The largest absolute Gasteiger partial charge is 0.452 e. The second kappa shape index (κ2) is 10.6. The average molecular weight is 450 g/mol. The first kappa shape index (κ1) is 24.4. The summed E-state index contributed by atoms with van der Waals surface area (Å²) in [5, 5.41) is 0. The highest BCUT2D eigenvalue weighted by atomic mass is 16.8. The topological polar surface area (TPSA) is 65.1 Å². The van der Waals surface area contributed by atoms with Gasteiger partial charge in [0.25, 0.3) is 0 Å². The first-order valence-corrected chi connectivity index (χ1v) is 10.9. The fourth-order valence-electron chi connectivity index (χ4n) is 4.04. The van der Waals surface area contributed by atoms with Gasteiger partial charge in [0, 0.05) is 13.5 Å². The minimum absolute atomic E-state index is 0.192. The molecule has 0 aromatic heterocycles. The van der Waals surface area contributed by atoms with Gasteiger partial charge in [0.05, 0.1) is 5.56 Å². The molecular formula is C27H31NO5. The van der Waals surface area contributed by atoms with Gasteiger partial charge < -0.3 is 19.1 Å². The van der Waals surface area contributed by atoms with Gasteiger partial charge in [-0.25, -0.2) is 4.79 Å². The molecule has 0 spiro atoms. The SMILES string of the molecule is C=C[C@H](OC(=O)c1ccccc1)[C@@H]([C@@H]1OC(C)(C)O[C@@H]1C=C)N(Cc1ccccc1)C(C)=O. The molecule has 1 amide bonds. The number of carbonyl (C=O) groups excluding carboxylic acids is 2. The van der Waals surface area contributed by atoms with Crippen LogP contribution < -0.4 is 0 Å². The standard InChI is InChI=1S/C27H31NO5/c1-6-22(31-26(30)21-16-12-9-13-17-21)24(25-23(7-2)32-27(4,5)33-25)28(19(3)29)18-20-14-10-8-11-15-20/h6-17,22-25H,1-2,18H2,3-5H3/t22-,23+,24-,25+/m0/s1. The molecule has 6 nitrogen and oxygen atoms in total. The van der Waals surface area contributed by atoms with Crippen LogP contribution in [0.5, 0.6) is 0 Å². The van der Waals surface area contributed by atoms with Crippen molar-refractivity contribution in [3.8, 4) is 0 Å². The van der Waals surface area contributed by atoms with Crippen LogP contribution in [0, 0.1) is 0 Å². The molecule has 3 rings (SSSR count). The van der Waals surface area contributed by atoms with Crippen molar-refractivity contribution in [1.29, 1.82) is 0 Å². The van der Waals surface area contributed by atoms with E-state index in [0.29, 0.717) is 12.1 Å². The zero-order valence-corrected chi connectivity index (χ0v) is 19.3. The van der Waals surface area contributed by atoms with Crippen LogP contribution >= 0.6 is 0 Å². The number of hydrogen-bond acceptors (Lipinski definition) is 5. The predicted octanol–water partition coefficient (Wildman–Crippen LogP) is 4.52. The Hall–Kier alpha value is -3.22. The van der Waals surface area contributed by atoms with E-state index in [2.05, 4.69) is 13.2 Å². The fourth-order valence-corrected chi connectivity index (χ4v) is 4.04. The van der Waals surface area contributed by atoms with Gasteiger partial charge in [-0.15, -0.1) is 6.58 Å². The number of ether oxygens (including phenoxy) is 3. The third kappa shape index (κ3) is 5.97. The Morgan fingerprint density at radius 3 is 2.21 bits per heavy atom. The van der Waals surface area contributed by atoms with E-state index in [9.17, 15) is 9.59 Å². The number of rotatable bonds is 9. The summed E-state index contributed by atoms with van der Waals surface area (Å²) in [6.07, 6.45) is 1.18. The van der Waals surface area contributed by atoms with Gasteiger partial charge in [0.2, 0.25) is 5.91 Å². The lowest BCUT2D eigenvalue weighted by molar-refractivity contribution is -0.160. The van der Waals surface area contributed by atoms with Crippen molar-refractivity contribution in [2.24, 2.45) is 0 Å². The molecule has 4 atom stereocenters. The summed E-state index contributed by atoms with van der Waals surface area (Å²) in [5.74, 6) is -1.60. The van der Waals surface area contributed by atoms with Crippen molar-refractivity contribution in [3.05, 3.63) is 97.1 Å². The van der Waals surface area contributed by atoms with Gasteiger partial charge in [-0.3, -0.25) is 4.79 Å². The number of carbonyl (C=O) groups is 2. The highest BCUT2D eigenvalue weighted by molar-refractivity contribution is 5.89. The maximum Gasteiger partial charge on any atom is 0.338 e. The number of amides is 1. The molecule has 1 aliphatic heterocycles. The Labute approximate surface area is 195 Å². The minimum Gasteiger partial charge on any atom is -0.452 e. The molecule has 174 valence electrons. The fraction of sp³-hybridized carbons (Fsp3) is 0.333. The molecule has 33 heavy (non-hydrogen) atoms. The zero-order chi connectivity index (χ0) is 24.0. The van der Waals surface area contributed by atoms with Crippen molar-refractivity contribution in [2.75, 3.05) is 0 Å². The summed E-state index contributed by atoms with van der Waals surface area (Å²) < 4.78 is 18.1. The molecule has 1 heterocycles. The monoisotopic (exact) mass is 449 g/mol. The molecule has 2 aromatic rings. The van der Waals surface area contributed by atoms with Crippen LogP contribution in [0.15, 0.2) is 86.0 Å². The minimum atomic E-state index is -0.897. The van der Waals surface area contributed by atoms with Crippen LogP contribution in [-0.4, -0.2) is 46.9 Å². The lowest BCUT2D eigenvalue weighted by Gasteiger charge is -2.39. The van der Waals surface area contributed by atoms with E-state index in [1.54, 1.807) is 49.1 Å². The van der Waals surface area contributed by atoms with Gasteiger partial charge in [0.15, 0.2) is 5.79 Å². The van der Waals surface area contributed by atoms with Crippen LogP contribution in [0.2, 0.25) is 0 Å². The van der Waals surface area contributed by atoms with Gasteiger partial charge in [-0.05, 0) is 37.6 Å². The lowest BCUT2D eigenvalue weighted by atomic mass is 9.96. The Morgan fingerprint density at radius 1 is 1.06 bits per heavy atom. The Balaban J connectivity index is 2.00. The maximum atomic E-state index is 12.9. The van der Waals surface area contributed by atoms with Crippen molar-refractivity contribution in [1.82, 2.24) is 4.90 Å². The van der Waals surface area contributed by atoms with Crippen molar-refractivity contribution >= 4 is 11.9 Å². The summed E-state index contributed by atoms with van der Waals surface area (Å²) in [6.45, 7) is 13.2. The molecule has 1 saturated heterocycles. The summed E-state index contributed by atoms with van der Waals surface area (Å²) >= 11 is 0. The second-order valence-electron chi connectivity index (χ2n) is 8.40. The molecule has 1 aliphatic rings. The molecule has 6 heteroatoms. The molecular weight excluding hydrogens is 418 g/mol. The van der Waals surface area contributed by atoms with E-state index in [-0.39, 0.29) is 5.91 Å². The highest BCUT2D eigenvalue weighted by Gasteiger charge is 2.49. The van der Waals surface area contributed by atoms with Crippen LogP contribution in [-0.2, 0) is 25.5 Å². The van der Waals surface area contributed by atoms with Crippen molar-refractivity contribution in [2.45, 2.75) is 57.5 Å². The molecule has 0 bridgehead atoms. The van der Waals surface area contributed by atoms with Crippen molar-refractivity contribution in [3.63, 3.8) is 0 Å². The lowest BCUT2D eigenvalue weighted by Crippen LogP contribution is -2.55. The van der Waals surface area contributed by atoms with E-state index in [1.807, 2.05) is 36.4 Å². The molecule has 1 fully saturated rings. The Morgan fingerprint density at radius 2 is 1.67 bits per heavy atom. The normalized spacial score (nSPS) is 20.9. The van der Waals surface area contributed by atoms with E-state index >= 15 is 0 Å². The zero-order valence-electron chi connectivity index (χ0n) is 19.3. The third-order valence-corrected chi connectivity index (χ3v) is 5.51. The van der Waals surface area contributed by atoms with Crippen LogP contribution in [0.4, 0.5) is 0 Å². The number of hydrogen-bond donors (Lipinski definition) is 0. The summed E-state index contributed by atoms with van der Waals surface area (Å²) in [7, 11) is 0. The second-order valence-corrected chi connectivity index (χ2v) is 8.40. The van der Waals surface area contributed by atoms with Crippen molar-refractivity contribution < 1.29 is 23.8 Å². The third-order valence-electron chi connectivity index (χ3n) is 5.51. The van der Waals surface area contributed by atoms with Crippen LogP contribution in [0.25, 0.3) is 0 Å². The van der Waals surface area contributed by atoms with E-state index in [4.69, 9.17) is 14.2 Å².